The van der Waals surface area contributed by atoms with E-state index < -0.39 is 10.0 Å². The van der Waals surface area contributed by atoms with Crippen LogP contribution in [0.2, 0.25) is 10.0 Å². The molecule has 0 aliphatic carbocycles. The summed E-state index contributed by atoms with van der Waals surface area (Å²) >= 11 is 11.7. The van der Waals surface area contributed by atoms with Crippen molar-refractivity contribution in [2.45, 2.75) is 37.6 Å². The minimum atomic E-state index is -3.39. The molecule has 0 amide bonds. The number of hydrogen-bond acceptors (Lipinski definition) is 3. The second kappa shape index (κ2) is 7.99. The van der Waals surface area contributed by atoms with Gasteiger partial charge >= 0.3 is 0 Å². The van der Waals surface area contributed by atoms with Gasteiger partial charge in [-0.3, -0.25) is 0 Å². The number of nitrogens with one attached hydrogen (secondary N) is 2. The van der Waals surface area contributed by atoms with E-state index >= 15 is 0 Å². The van der Waals surface area contributed by atoms with Crippen LogP contribution in [-0.4, -0.2) is 27.0 Å². The summed E-state index contributed by atoms with van der Waals surface area (Å²) in [5.41, 5.74) is 0.628. The lowest BCUT2D eigenvalue weighted by atomic mass is 10.0. The van der Waals surface area contributed by atoms with Gasteiger partial charge in [0.05, 0.1) is 15.8 Å². The zero-order valence-corrected chi connectivity index (χ0v) is 14.7. The first-order valence-electron chi connectivity index (χ1n) is 6.55. The molecule has 1 aromatic carbocycles. The first kappa shape index (κ1) is 19.0. The van der Waals surface area contributed by atoms with Crippen LogP contribution < -0.4 is 10.0 Å². The zero-order chi connectivity index (χ0) is 14.8. The minimum absolute atomic E-state index is 0. The maximum Gasteiger partial charge on any atom is 0.216 e. The largest absolute Gasteiger partial charge is 0.313 e. The van der Waals surface area contributed by atoms with E-state index in [0.717, 1.165) is 19.4 Å². The lowest BCUT2D eigenvalue weighted by Gasteiger charge is -2.30. The van der Waals surface area contributed by atoms with Crippen molar-refractivity contribution in [1.82, 2.24) is 10.0 Å². The second-order valence-corrected chi connectivity index (χ2v) is 7.69. The molecule has 0 radical (unpaired) electrons. The van der Waals surface area contributed by atoms with Crippen LogP contribution in [0.1, 0.15) is 25.3 Å². The smallest absolute Gasteiger partial charge is 0.216 e. The van der Waals surface area contributed by atoms with Crippen LogP contribution in [0.3, 0.4) is 0 Å². The predicted molar refractivity (Wildman–Crippen MR) is 90.0 cm³/mol. The van der Waals surface area contributed by atoms with E-state index in [0.29, 0.717) is 15.6 Å². The van der Waals surface area contributed by atoms with Crippen molar-refractivity contribution < 1.29 is 8.42 Å². The number of rotatable bonds is 4. The average Bonchev–Trinajstić information content (AvgIpc) is 2.36. The molecule has 1 heterocycles. The number of sulfonamides is 1. The molecule has 0 spiro atoms. The topological polar surface area (TPSA) is 58.2 Å². The van der Waals surface area contributed by atoms with Crippen LogP contribution >= 0.6 is 35.6 Å². The molecule has 2 atom stereocenters. The van der Waals surface area contributed by atoms with Crippen molar-refractivity contribution in [2.75, 3.05) is 6.54 Å². The fourth-order valence-electron chi connectivity index (χ4n) is 2.33. The highest BCUT2D eigenvalue weighted by molar-refractivity contribution is 7.88. The summed E-state index contributed by atoms with van der Waals surface area (Å²) in [6.07, 6.45) is 1.83. The van der Waals surface area contributed by atoms with Gasteiger partial charge in [0.2, 0.25) is 10.0 Å². The molecule has 4 nitrogen and oxygen atoms in total. The first-order chi connectivity index (χ1) is 9.37. The molecule has 1 aromatic rings. The van der Waals surface area contributed by atoms with Gasteiger partial charge in [-0.25, -0.2) is 13.1 Å². The van der Waals surface area contributed by atoms with Crippen LogP contribution in [0.25, 0.3) is 0 Å². The molecular formula is C13H19Cl3N2O2S. The molecule has 2 rings (SSSR count). The van der Waals surface area contributed by atoms with Crippen LogP contribution in [-0.2, 0) is 15.8 Å². The molecule has 0 saturated carbocycles. The van der Waals surface area contributed by atoms with E-state index in [-0.39, 0.29) is 30.2 Å². The van der Waals surface area contributed by atoms with Gasteiger partial charge < -0.3 is 5.32 Å². The van der Waals surface area contributed by atoms with Crippen LogP contribution in [0.4, 0.5) is 0 Å². The van der Waals surface area contributed by atoms with E-state index in [4.69, 9.17) is 23.2 Å². The monoisotopic (exact) mass is 372 g/mol. The van der Waals surface area contributed by atoms with Crippen LogP contribution in [0.5, 0.6) is 0 Å². The van der Waals surface area contributed by atoms with E-state index in [1.54, 1.807) is 18.2 Å². The molecule has 120 valence electrons. The molecule has 8 heteroatoms. The molecule has 2 unspecified atom stereocenters. The Balaban J connectivity index is 0.00000220. The van der Waals surface area contributed by atoms with Crippen molar-refractivity contribution in [3.63, 3.8) is 0 Å². The van der Waals surface area contributed by atoms with E-state index in [2.05, 4.69) is 10.0 Å². The van der Waals surface area contributed by atoms with Crippen molar-refractivity contribution >= 4 is 45.6 Å². The number of hydrogen-bond donors (Lipinski definition) is 2. The molecule has 1 aliphatic heterocycles. The van der Waals surface area contributed by atoms with Crippen molar-refractivity contribution in [3.8, 4) is 0 Å². The highest BCUT2D eigenvalue weighted by Gasteiger charge is 2.25. The molecule has 1 saturated heterocycles. The highest BCUT2D eigenvalue weighted by atomic mass is 35.5. The second-order valence-electron chi connectivity index (χ2n) is 5.12. The Kier molecular flexibility index (Phi) is 7.24. The number of halogens is 3. The third-order valence-electron chi connectivity index (χ3n) is 3.43. The lowest BCUT2D eigenvalue weighted by Crippen LogP contribution is -2.52. The van der Waals surface area contributed by atoms with Gasteiger partial charge in [-0.1, -0.05) is 29.3 Å². The molecule has 0 aromatic heterocycles. The molecule has 1 fully saturated rings. The molecule has 0 bridgehead atoms. The Bertz CT molecular complexity index is 581. The minimum Gasteiger partial charge on any atom is -0.313 e. The summed E-state index contributed by atoms with van der Waals surface area (Å²) in [7, 11) is -3.39. The fourth-order valence-corrected chi connectivity index (χ4v) is 4.13. The summed E-state index contributed by atoms with van der Waals surface area (Å²) < 4.78 is 27.2. The summed E-state index contributed by atoms with van der Waals surface area (Å²) in [4.78, 5) is 0. The molecule has 1 aliphatic rings. The average molecular weight is 374 g/mol. The molecule has 2 N–H and O–H groups in total. The Morgan fingerprint density at radius 1 is 1.33 bits per heavy atom. The first-order valence-corrected chi connectivity index (χ1v) is 8.95. The van der Waals surface area contributed by atoms with Gasteiger partial charge in [0.1, 0.15) is 0 Å². The summed E-state index contributed by atoms with van der Waals surface area (Å²) in [6.45, 7) is 2.93. The lowest BCUT2D eigenvalue weighted by molar-refractivity contribution is 0.348. The number of piperidine rings is 1. The fraction of sp³-hybridized carbons (Fsp3) is 0.538. The van der Waals surface area contributed by atoms with E-state index in [9.17, 15) is 8.42 Å². The summed E-state index contributed by atoms with van der Waals surface area (Å²) in [6, 6.07) is 4.96. The Morgan fingerprint density at radius 2 is 2.05 bits per heavy atom. The van der Waals surface area contributed by atoms with Crippen molar-refractivity contribution in [2.24, 2.45) is 0 Å². The normalized spacial score (nSPS) is 22.6. The predicted octanol–water partition coefficient (Wildman–Crippen LogP) is 2.98. The number of benzene rings is 1. The van der Waals surface area contributed by atoms with Gasteiger partial charge in [-0.05, 0) is 44.0 Å². The van der Waals surface area contributed by atoms with Crippen molar-refractivity contribution in [1.29, 1.82) is 0 Å². The van der Waals surface area contributed by atoms with Crippen LogP contribution in [0, 0.1) is 0 Å². The summed E-state index contributed by atoms with van der Waals surface area (Å²) in [5, 5.41) is 4.06. The maximum atomic E-state index is 12.2. The Morgan fingerprint density at radius 3 is 2.67 bits per heavy atom. The highest BCUT2D eigenvalue weighted by Crippen LogP contribution is 2.23. The van der Waals surface area contributed by atoms with Crippen molar-refractivity contribution in [3.05, 3.63) is 33.8 Å². The standard InChI is InChI=1S/C13H18Cl2N2O2S.ClH/c1-9-13(3-2-6-16-9)17-20(18,19)8-10-4-5-11(14)12(15)7-10;/h4-5,7,9,13,16-17H,2-3,6,8H2,1H3;1H. The SMILES string of the molecule is CC1NCCCC1NS(=O)(=O)Cc1ccc(Cl)c(Cl)c1.Cl. The molecule has 21 heavy (non-hydrogen) atoms. The summed E-state index contributed by atoms with van der Waals surface area (Å²) in [5.74, 6) is -0.0902. The third kappa shape index (κ3) is 5.58. The van der Waals surface area contributed by atoms with Crippen LogP contribution in [0.15, 0.2) is 18.2 Å². The third-order valence-corrected chi connectivity index (χ3v) is 5.55. The van der Waals surface area contributed by atoms with E-state index in [1.165, 1.54) is 0 Å². The van der Waals surface area contributed by atoms with E-state index in [1.807, 2.05) is 6.92 Å². The Labute approximate surface area is 142 Å². The quantitative estimate of drug-likeness (QED) is 0.853. The zero-order valence-electron chi connectivity index (χ0n) is 11.6. The van der Waals surface area contributed by atoms with Gasteiger partial charge in [0, 0.05) is 12.1 Å². The van der Waals surface area contributed by atoms with Gasteiger partial charge in [0.15, 0.2) is 0 Å². The maximum absolute atomic E-state index is 12.2. The van der Waals surface area contributed by atoms with Gasteiger partial charge in [0.25, 0.3) is 0 Å². The van der Waals surface area contributed by atoms with Gasteiger partial charge in [-0.2, -0.15) is 0 Å². The Hall–Kier alpha value is -0.0400. The molecular weight excluding hydrogens is 355 g/mol. The van der Waals surface area contributed by atoms with Gasteiger partial charge in [-0.15, -0.1) is 12.4 Å².